The summed E-state index contributed by atoms with van der Waals surface area (Å²) in [6.07, 6.45) is 6.79. The highest BCUT2D eigenvalue weighted by molar-refractivity contribution is 5.92. The molecule has 0 aromatic carbocycles. The van der Waals surface area contributed by atoms with Gasteiger partial charge in [0.2, 0.25) is 0 Å². The van der Waals surface area contributed by atoms with Gasteiger partial charge < -0.3 is 10.6 Å². The van der Waals surface area contributed by atoms with Crippen LogP contribution in [-0.4, -0.2) is 24.0 Å². The van der Waals surface area contributed by atoms with Crippen molar-refractivity contribution < 1.29 is 4.79 Å². The maximum Gasteiger partial charge on any atom is 0.269 e. The van der Waals surface area contributed by atoms with E-state index in [-0.39, 0.29) is 5.91 Å². The number of amides is 1. The van der Waals surface area contributed by atoms with Gasteiger partial charge in [-0.25, -0.2) is 0 Å². The molecule has 2 atom stereocenters. The first-order chi connectivity index (χ1) is 8.70. The molecule has 1 aliphatic rings. The van der Waals surface area contributed by atoms with Crippen LogP contribution < -0.4 is 10.6 Å². The Morgan fingerprint density at radius 3 is 2.89 bits per heavy atom. The van der Waals surface area contributed by atoms with Crippen molar-refractivity contribution in [3.63, 3.8) is 0 Å². The van der Waals surface area contributed by atoms with Crippen LogP contribution in [0.25, 0.3) is 0 Å². The molecule has 0 aliphatic heterocycles. The average Bonchev–Trinajstić information content (AvgIpc) is 2.41. The lowest BCUT2D eigenvalue weighted by Gasteiger charge is -2.30. The average molecular weight is 247 g/mol. The number of anilines is 1. The van der Waals surface area contributed by atoms with Crippen LogP contribution in [0.4, 0.5) is 5.69 Å². The molecule has 1 fully saturated rings. The Balaban J connectivity index is 2.06. The van der Waals surface area contributed by atoms with Crippen LogP contribution in [0.5, 0.6) is 0 Å². The van der Waals surface area contributed by atoms with Gasteiger partial charge in [-0.05, 0) is 30.9 Å². The van der Waals surface area contributed by atoms with Gasteiger partial charge >= 0.3 is 0 Å². The second-order valence-electron chi connectivity index (χ2n) is 5.02. The topological polar surface area (TPSA) is 54.0 Å². The van der Waals surface area contributed by atoms with Gasteiger partial charge in [0.05, 0.1) is 0 Å². The van der Waals surface area contributed by atoms with Gasteiger partial charge in [0.15, 0.2) is 0 Å². The number of hydrogen-bond donors (Lipinski definition) is 2. The van der Waals surface area contributed by atoms with Gasteiger partial charge in [-0.2, -0.15) is 0 Å². The molecule has 1 aromatic heterocycles. The van der Waals surface area contributed by atoms with Crippen LogP contribution in [0.2, 0.25) is 0 Å². The molecule has 2 unspecified atom stereocenters. The van der Waals surface area contributed by atoms with Crippen LogP contribution in [0.15, 0.2) is 18.3 Å². The van der Waals surface area contributed by atoms with Crippen molar-refractivity contribution in [2.75, 3.05) is 12.4 Å². The smallest absolute Gasteiger partial charge is 0.269 e. The van der Waals surface area contributed by atoms with Crippen LogP contribution in [0, 0.1) is 5.92 Å². The van der Waals surface area contributed by atoms with Crippen LogP contribution in [-0.2, 0) is 0 Å². The summed E-state index contributed by atoms with van der Waals surface area (Å²) < 4.78 is 0. The largest absolute Gasteiger partial charge is 0.382 e. The van der Waals surface area contributed by atoms with Crippen molar-refractivity contribution in [1.29, 1.82) is 0 Å². The Morgan fingerprint density at radius 2 is 2.17 bits per heavy atom. The van der Waals surface area contributed by atoms with Crippen molar-refractivity contribution in [3.8, 4) is 0 Å². The molecule has 1 amide bonds. The van der Waals surface area contributed by atoms with Gasteiger partial charge in [0.25, 0.3) is 5.91 Å². The lowest BCUT2D eigenvalue weighted by molar-refractivity contribution is 0.0958. The van der Waals surface area contributed by atoms with Crippen LogP contribution in [0.3, 0.4) is 0 Å². The second kappa shape index (κ2) is 5.85. The van der Waals surface area contributed by atoms with E-state index < -0.39 is 0 Å². The van der Waals surface area contributed by atoms with E-state index in [1.54, 1.807) is 13.2 Å². The molecular formula is C14H21N3O. The quantitative estimate of drug-likeness (QED) is 0.862. The van der Waals surface area contributed by atoms with Gasteiger partial charge in [-0.3, -0.25) is 9.78 Å². The van der Waals surface area contributed by atoms with Crippen molar-refractivity contribution >= 4 is 11.6 Å². The summed E-state index contributed by atoms with van der Waals surface area (Å²) in [5.74, 6) is 0.547. The molecule has 1 heterocycles. The summed E-state index contributed by atoms with van der Waals surface area (Å²) in [6, 6.07) is 4.26. The molecule has 0 saturated heterocycles. The number of aromatic nitrogens is 1. The van der Waals surface area contributed by atoms with Crippen molar-refractivity contribution in [1.82, 2.24) is 10.3 Å². The second-order valence-corrected chi connectivity index (χ2v) is 5.02. The summed E-state index contributed by atoms with van der Waals surface area (Å²) in [6.45, 7) is 2.29. The Labute approximate surface area is 108 Å². The fourth-order valence-corrected chi connectivity index (χ4v) is 2.52. The summed E-state index contributed by atoms with van der Waals surface area (Å²) in [4.78, 5) is 15.6. The minimum absolute atomic E-state index is 0.143. The highest BCUT2D eigenvalue weighted by Crippen LogP contribution is 2.26. The molecule has 4 heteroatoms. The molecule has 1 saturated carbocycles. The summed E-state index contributed by atoms with van der Waals surface area (Å²) in [7, 11) is 1.62. The monoisotopic (exact) mass is 247 g/mol. The maximum atomic E-state index is 11.5. The predicted molar refractivity (Wildman–Crippen MR) is 72.7 cm³/mol. The number of carbonyl (C=O) groups is 1. The zero-order valence-corrected chi connectivity index (χ0v) is 11.1. The molecule has 2 rings (SSSR count). The zero-order chi connectivity index (χ0) is 13.0. The first-order valence-electron chi connectivity index (χ1n) is 6.65. The molecule has 0 radical (unpaired) electrons. The number of nitrogens with one attached hydrogen (secondary N) is 2. The molecule has 2 N–H and O–H groups in total. The van der Waals surface area contributed by atoms with Crippen molar-refractivity contribution in [3.05, 3.63) is 24.0 Å². The van der Waals surface area contributed by atoms with Gasteiger partial charge in [0, 0.05) is 25.0 Å². The standard InChI is InChI=1S/C14H21N3O/c1-10-5-3-4-6-12(10)17-11-7-8-16-13(9-11)14(18)15-2/h7-10,12H,3-6H2,1-2H3,(H,15,18)(H,16,17). The number of nitrogens with zero attached hydrogens (tertiary/aromatic N) is 1. The highest BCUT2D eigenvalue weighted by Gasteiger charge is 2.21. The normalized spacial score (nSPS) is 23.4. The molecule has 1 aliphatic carbocycles. The van der Waals surface area contributed by atoms with Crippen LogP contribution >= 0.6 is 0 Å². The first-order valence-corrected chi connectivity index (χ1v) is 6.65. The SMILES string of the molecule is CNC(=O)c1cc(NC2CCCCC2C)ccn1. The van der Waals surface area contributed by atoms with E-state index in [4.69, 9.17) is 0 Å². The van der Waals surface area contributed by atoms with Crippen molar-refractivity contribution in [2.24, 2.45) is 5.92 Å². The van der Waals surface area contributed by atoms with E-state index in [2.05, 4.69) is 22.5 Å². The van der Waals surface area contributed by atoms with E-state index in [1.807, 2.05) is 12.1 Å². The van der Waals surface area contributed by atoms with E-state index >= 15 is 0 Å². The number of carbonyl (C=O) groups excluding carboxylic acids is 1. The fraction of sp³-hybridized carbons (Fsp3) is 0.571. The molecule has 98 valence electrons. The van der Waals surface area contributed by atoms with E-state index in [9.17, 15) is 4.79 Å². The van der Waals surface area contributed by atoms with Gasteiger partial charge in [-0.1, -0.05) is 19.8 Å². The minimum atomic E-state index is -0.143. The zero-order valence-electron chi connectivity index (χ0n) is 11.1. The molecule has 1 aromatic rings. The highest BCUT2D eigenvalue weighted by atomic mass is 16.1. The summed E-state index contributed by atoms with van der Waals surface area (Å²) in [5.41, 5.74) is 1.45. The maximum absolute atomic E-state index is 11.5. The van der Waals surface area contributed by atoms with E-state index in [0.29, 0.717) is 17.7 Å². The van der Waals surface area contributed by atoms with Crippen molar-refractivity contribution in [2.45, 2.75) is 38.6 Å². The Hall–Kier alpha value is -1.58. The fourth-order valence-electron chi connectivity index (χ4n) is 2.52. The van der Waals surface area contributed by atoms with E-state index in [0.717, 1.165) is 5.69 Å². The number of rotatable bonds is 3. The third-order valence-corrected chi connectivity index (χ3v) is 3.68. The lowest BCUT2D eigenvalue weighted by Crippen LogP contribution is -2.30. The van der Waals surface area contributed by atoms with Crippen LogP contribution in [0.1, 0.15) is 43.1 Å². The third-order valence-electron chi connectivity index (χ3n) is 3.68. The Kier molecular flexibility index (Phi) is 4.18. The summed E-state index contributed by atoms with van der Waals surface area (Å²) >= 11 is 0. The molecule has 0 bridgehead atoms. The number of hydrogen-bond acceptors (Lipinski definition) is 3. The van der Waals surface area contributed by atoms with E-state index in [1.165, 1.54) is 25.7 Å². The Morgan fingerprint density at radius 1 is 1.39 bits per heavy atom. The summed E-state index contributed by atoms with van der Waals surface area (Å²) in [5, 5.41) is 6.12. The molecular weight excluding hydrogens is 226 g/mol. The predicted octanol–water partition coefficient (Wildman–Crippen LogP) is 2.43. The Bertz CT molecular complexity index is 419. The molecule has 4 nitrogen and oxygen atoms in total. The molecule has 18 heavy (non-hydrogen) atoms. The first kappa shape index (κ1) is 12.9. The van der Waals surface area contributed by atoms with Gasteiger partial charge in [0.1, 0.15) is 5.69 Å². The minimum Gasteiger partial charge on any atom is -0.382 e. The molecule has 0 spiro atoms. The third kappa shape index (κ3) is 3.00. The van der Waals surface area contributed by atoms with Gasteiger partial charge in [-0.15, -0.1) is 0 Å². The lowest BCUT2D eigenvalue weighted by atomic mass is 9.86. The number of pyridine rings is 1.